The van der Waals surface area contributed by atoms with E-state index in [0.717, 1.165) is 42.5 Å². The lowest BCUT2D eigenvalue weighted by atomic mass is 9.94. The molecule has 152 valence electrons. The van der Waals surface area contributed by atoms with Crippen molar-refractivity contribution in [1.82, 2.24) is 29.6 Å². The normalized spacial score (nSPS) is 12.8. The summed E-state index contributed by atoms with van der Waals surface area (Å²) in [6, 6.07) is 2.34. The van der Waals surface area contributed by atoms with Gasteiger partial charge in [-0.1, -0.05) is 31.9 Å². The van der Waals surface area contributed by atoms with Crippen molar-refractivity contribution in [3.8, 4) is 11.3 Å². The maximum absolute atomic E-state index is 5.21. The first kappa shape index (κ1) is 20.3. The molecule has 0 unspecified atom stereocenters. The van der Waals surface area contributed by atoms with Gasteiger partial charge < -0.3 is 10.1 Å². The van der Waals surface area contributed by atoms with Crippen LogP contribution in [0.2, 0.25) is 0 Å². The highest BCUT2D eigenvalue weighted by Crippen LogP contribution is 2.33. The zero-order chi connectivity index (χ0) is 20.1. The third kappa shape index (κ3) is 4.32. The SMILES string of the molecule is CCCC(CCC)c1cc(-c2cn(C)nn2)c2cnc(N[C@@H](C)COC)nn12. The van der Waals surface area contributed by atoms with Crippen molar-refractivity contribution in [3.05, 3.63) is 24.2 Å². The van der Waals surface area contributed by atoms with Crippen molar-refractivity contribution >= 4 is 11.5 Å². The summed E-state index contributed by atoms with van der Waals surface area (Å²) in [4.78, 5) is 4.53. The number of hydrogen-bond donors (Lipinski definition) is 1. The van der Waals surface area contributed by atoms with E-state index in [2.05, 4.69) is 47.5 Å². The highest BCUT2D eigenvalue weighted by molar-refractivity contribution is 5.79. The number of hydrogen-bond acceptors (Lipinski definition) is 6. The Morgan fingerprint density at radius 3 is 2.57 bits per heavy atom. The van der Waals surface area contributed by atoms with Crippen molar-refractivity contribution in [2.75, 3.05) is 19.0 Å². The van der Waals surface area contributed by atoms with E-state index < -0.39 is 0 Å². The zero-order valence-corrected chi connectivity index (χ0v) is 17.5. The number of aryl methyl sites for hydroxylation is 1. The van der Waals surface area contributed by atoms with E-state index in [0.29, 0.717) is 18.5 Å². The smallest absolute Gasteiger partial charge is 0.241 e. The molecule has 3 aromatic rings. The lowest BCUT2D eigenvalue weighted by Crippen LogP contribution is -2.23. The average molecular weight is 386 g/mol. The third-order valence-electron chi connectivity index (χ3n) is 4.91. The summed E-state index contributed by atoms with van der Waals surface area (Å²) in [6.07, 6.45) is 8.34. The first-order chi connectivity index (χ1) is 13.6. The molecule has 0 radical (unpaired) electrons. The molecule has 0 aliphatic carbocycles. The van der Waals surface area contributed by atoms with Gasteiger partial charge in [-0.05, 0) is 25.8 Å². The second-order valence-corrected chi connectivity index (χ2v) is 7.41. The van der Waals surface area contributed by atoms with Crippen LogP contribution in [0.15, 0.2) is 18.5 Å². The first-order valence-corrected chi connectivity index (χ1v) is 10.1. The molecule has 0 aliphatic heterocycles. The molecule has 1 N–H and O–H groups in total. The molecule has 28 heavy (non-hydrogen) atoms. The van der Waals surface area contributed by atoms with E-state index in [4.69, 9.17) is 9.84 Å². The Labute approximate surface area is 166 Å². The molecule has 0 saturated carbocycles. The molecule has 8 nitrogen and oxygen atoms in total. The van der Waals surface area contributed by atoms with Gasteiger partial charge in [-0.25, -0.2) is 9.50 Å². The minimum Gasteiger partial charge on any atom is -0.383 e. The maximum atomic E-state index is 5.21. The van der Waals surface area contributed by atoms with E-state index in [1.807, 2.05) is 24.0 Å². The van der Waals surface area contributed by atoms with E-state index >= 15 is 0 Å². The number of aromatic nitrogens is 6. The van der Waals surface area contributed by atoms with Crippen LogP contribution < -0.4 is 5.32 Å². The van der Waals surface area contributed by atoms with Crippen molar-refractivity contribution in [1.29, 1.82) is 0 Å². The second kappa shape index (κ2) is 9.14. The van der Waals surface area contributed by atoms with Gasteiger partial charge in [-0.2, -0.15) is 0 Å². The summed E-state index contributed by atoms with van der Waals surface area (Å²) in [5.74, 6) is 1.05. The van der Waals surface area contributed by atoms with Gasteiger partial charge in [0.05, 0.1) is 24.5 Å². The lowest BCUT2D eigenvalue weighted by Gasteiger charge is -2.16. The summed E-state index contributed by atoms with van der Waals surface area (Å²) in [6.45, 7) is 7.11. The molecule has 3 heterocycles. The van der Waals surface area contributed by atoms with Gasteiger partial charge in [-0.3, -0.25) is 4.68 Å². The monoisotopic (exact) mass is 385 g/mol. The van der Waals surface area contributed by atoms with Crippen LogP contribution in [-0.2, 0) is 11.8 Å². The lowest BCUT2D eigenvalue weighted by molar-refractivity contribution is 0.190. The van der Waals surface area contributed by atoms with E-state index in [9.17, 15) is 0 Å². The van der Waals surface area contributed by atoms with Gasteiger partial charge in [0.25, 0.3) is 0 Å². The number of ether oxygens (including phenoxy) is 1. The Morgan fingerprint density at radius 2 is 1.96 bits per heavy atom. The van der Waals surface area contributed by atoms with Crippen LogP contribution in [0.4, 0.5) is 5.95 Å². The van der Waals surface area contributed by atoms with Crippen LogP contribution in [0.1, 0.15) is 58.1 Å². The molecular formula is C20H31N7O. The number of nitrogens with one attached hydrogen (secondary N) is 1. The predicted molar refractivity (Wildman–Crippen MR) is 111 cm³/mol. The van der Waals surface area contributed by atoms with Crippen molar-refractivity contribution < 1.29 is 4.74 Å². The van der Waals surface area contributed by atoms with E-state index in [1.165, 1.54) is 5.69 Å². The van der Waals surface area contributed by atoms with E-state index in [1.54, 1.807) is 11.8 Å². The Hall–Kier alpha value is -2.48. The minimum atomic E-state index is 0.128. The Bertz CT molecular complexity index is 895. The molecule has 3 aromatic heterocycles. The van der Waals surface area contributed by atoms with Crippen molar-refractivity contribution in [2.24, 2.45) is 7.05 Å². The fourth-order valence-electron chi connectivity index (χ4n) is 3.70. The zero-order valence-electron chi connectivity index (χ0n) is 17.5. The Balaban J connectivity index is 2.09. The molecule has 1 atom stereocenters. The number of rotatable bonds is 10. The van der Waals surface area contributed by atoms with Crippen LogP contribution in [0, 0.1) is 0 Å². The van der Waals surface area contributed by atoms with Gasteiger partial charge in [0.1, 0.15) is 5.69 Å². The van der Waals surface area contributed by atoms with Crippen LogP contribution in [0.5, 0.6) is 0 Å². The summed E-state index contributed by atoms with van der Waals surface area (Å²) >= 11 is 0. The van der Waals surface area contributed by atoms with E-state index in [-0.39, 0.29) is 6.04 Å². The number of fused-ring (bicyclic) bond motifs is 1. The first-order valence-electron chi connectivity index (χ1n) is 10.1. The number of anilines is 1. The number of methoxy groups -OCH3 is 1. The second-order valence-electron chi connectivity index (χ2n) is 7.41. The van der Waals surface area contributed by atoms with Gasteiger partial charge in [0.15, 0.2) is 0 Å². The standard InChI is InChI=1S/C20H31N7O/c1-6-8-15(9-7-2)18-10-16(17-12-26(4)25-23-17)19-11-21-20(24-27(18)19)22-14(3)13-28-5/h10-12,14-15H,6-9,13H2,1-5H3,(H,22,24)/t14-/m0/s1. The molecule has 0 spiro atoms. The summed E-state index contributed by atoms with van der Waals surface area (Å²) in [7, 11) is 3.57. The fraction of sp³-hybridized carbons (Fsp3) is 0.600. The topological polar surface area (TPSA) is 82.2 Å². The Kier molecular flexibility index (Phi) is 6.61. The molecule has 0 bridgehead atoms. The quantitative estimate of drug-likeness (QED) is 0.573. The maximum Gasteiger partial charge on any atom is 0.241 e. The van der Waals surface area contributed by atoms with Crippen molar-refractivity contribution in [3.63, 3.8) is 0 Å². The minimum absolute atomic E-state index is 0.128. The van der Waals surface area contributed by atoms with Gasteiger partial charge in [0, 0.05) is 37.4 Å². The summed E-state index contributed by atoms with van der Waals surface area (Å²) in [5, 5.41) is 16.5. The summed E-state index contributed by atoms with van der Waals surface area (Å²) in [5.41, 5.74) is 4.04. The van der Waals surface area contributed by atoms with Crippen LogP contribution in [0.3, 0.4) is 0 Å². The number of nitrogens with zero attached hydrogens (tertiary/aromatic N) is 6. The highest BCUT2D eigenvalue weighted by atomic mass is 16.5. The van der Waals surface area contributed by atoms with Crippen LogP contribution >= 0.6 is 0 Å². The van der Waals surface area contributed by atoms with Crippen LogP contribution in [0.25, 0.3) is 16.8 Å². The fourth-order valence-corrected chi connectivity index (χ4v) is 3.70. The Morgan fingerprint density at radius 1 is 1.21 bits per heavy atom. The third-order valence-corrected chi connectivity index (χ3v) is 4.91. The van der Waals surface area contributed by atoms with Crippen LogP contribution in [-0.4, -0.2) is 49.4 Å². The molecule has 0 aliphatic rings. The molecule has 3 rings (SSSR count). The van der Waals surface area contributed by atoms with Gasteiger partial charge >= 0.3 is 0 Å². The molecule has 0 amide bonds. The largest absolute Gasteiger partial charge is 0.383 e. The molecule has 0 aromatic carbocycles. The molecule has 0 saturated heterocycles. The summed E-state index contributed by atoms with van der Waals surface area (Å²) < 4.78 is 8.97. The highest BCUT2D eigenvalue weighted by Gasteiger charge is 2.21. The average Bonchev–Trinajstić information content (AvgIpc) is 3.25. The van der Waals surface area contributed by atoms with Crippen molar-refractivity contribution in [2.45, 2.75) is 58.4 Å². The van der Waals surface area contributed by atoms with Gasteiger partial charge in [0.2, 0.25) is 5.95 Å². The predicted octanol–water partition coefficient (Wildman–Crippen LogP) is 3.66. The molecular weight excluding hydrogens is 354 g/mol. The molecule has 0 fully saturated rings. The molecule has 8 heteroatoms. The van der Waals surface area contributed by atoms with Gasteiger partial charge in [-0.15, -0.1) is 10.2 Å².